The summed E-state index contributed by atoms with van der Waals surface area (Å²) in [5.74, 6) is 2.35. The van der Waals surface area contributed by atoms with Gasteiger partial charge in [-0.25, -0.2) is 4.79 Å². The fraction of sp³-hybridized carbons (Fsp3) is 0.533. The van der Waals surface area contributed by atoms with Gasteiger partial charge in [-0.05, 0) is 92.3 Å². The summed E-state index contributed by atoms with van der Waals surface area (Å²) in [4.78, 5) is 12.1. The summed E-state index contributed by atoms with van der Waals surface area (Å²) in [6, 6.07) is 7.99. The molecule has 2 unspecified atom stereocenters. The van der Waals surface area contributed by atoms with Gasteiger partial charge in [-0.15, -0.1) is 0 Å². The molecule has 1 aromatic rings. The van der Waals surface area contributed by atoms with Gasteiger partial charge in [-0.1, -0.05) is 38.0 Å². The van der Waals surface area contributed by atoms with E-state index in [1.54, 1.807) is 7.11 Å². The van der Waals surface area contributed by atoms with Gasteiger partial charge in [0, 0.05) is 7.11 Å². The van der Waals surface area contributed by atoms with Gasteiger partial charge in [0.2, 0.25) is 0 Å². The Hall–Kier alpha value is -3.04. The lowest BCUT2D eigenvalue weighted by molar-refractivity contribution is 0.0938. The lowest BCUT2D eigenvalue weighted by atomic mass is 9.90. The van der Waals surface area contributed by atoms with E-state index in [-0.39, 0.29) is 18.2 Å². The summed E-state index contributed by atoms with van der Waals surface area (Å²) >= 11 is 0. The standard InChI is InChI=1S/C26H32N2O4.C4H8/c1-17-15-23(31-14-13-30-4)11-12-24(17)25(16-27)18(2)20-7-9-22(10-8-20)28-26(29)32-19(3)21-5-6-21;1-4-2-3-4/h7-9,11-12,15,19,21-22H,5-6,10,13-14H2,1-4H3,(H,28,29);4H,2-3H2,1H3/b25-18+;. The maximum atomic E-state index is 12.1. The lowest BCUT2D eigenvalue weighted by Gasteiger charge is -2.20. The quantitative estimate of drug-likeness (QED) is 0.314. The third kappa shape index (κ3) is 8.57. The van der Waals surface area contributed by atoms with Gasteiger partial charge >= 0.3 is 6.09 Å². The predicted octanol–water partition coefficient (Wildman–Crippen LogP) is 6.51. The van der Waals surface area contributed by atoms with Gasteiger partial charge in [-0.3, -0.25) is 0 Å². The number of carbonyl (C=O) groups excluding carboxylic acids is 1. The van der Waals surface area contributed by atoms with Crippen molar-refractivity contribution < 1.29 is 19.0 Å². The summed E-state index contributed by atoms with van der Waals surface area (Å²) in [5.41, 5.74) is 4.38. The van der Waals surface area contributed by atoms with Crippen LogP contribution < -0.4 is 10.1 Å². The first kappa shape index (κ1) is 27.5. The molecule has 0 radical (unpaired) electrons. The molecule has 1 N–H and O–H groups in total. The van der Waals surface area contributed by atoms with E-state index in [4.69, 9.17) is 14.2 Å². The number of methoxy groups -OCH3 is 1. The van der Waals surface area contributed by atoms with Crippen LogP contribution in [0.15, 0.2) is 47.6 Å². The first-order chi connectivity index (χ1) is 17.3. The fourth-order valence-corrected chi connectivity index (χ4v) is 3.93. The van der Waals surface area contributed by atoms with Crippen molar-refractivity contribution in [2.75, 3.05) is 20.3 Å². The molecule has 3 aliphatic rings. The Morgan fingerprint density at radius 1 is 1.22 bits per heavy atom. The Labute approximate surface area is 216 Å². The number of nitriles is 1. The van der Waals surface area contributed by atoms with Gasteiger partial charge in [0.25, 0.3) is 0 Å². The SMILES string of the molecule is CC1CC1.COCCOc1ccc(/C(C#N)=C(\C)C2=CCC(NC(=O)OC(C)C3CC3)C=C2)c(C)c1. The maximum Gasteiger partial charge on any atom is 0.407 e. The average molecular weight is 493 g/mol. The zero-order valence-electron chi connectivity index (χ0n) is 22.3. The minimum Gasteiger partial charge on any atom is -0.491 e. The van der Waals surface area contributed by atoms with Crippen LogP contribution in [0.3, 0.4) is 0 Å². The molecule has 3 aliphatic carbocycles. The van der Waals surface area contributed by atoms with Crippen molar-refractivity contribution in [1.29, 1.82) is 5.26 Å². The van der Waals surface area contributed by atoms with Crippen molar-refractivity contribution >= 4 is 11.7 Å². The van der Waals surface area contributed by atoms with Crippen LogP contribution in [0.1, 0.15) is 64.0 Å². The number of hydrogen-bond acceptors (Lipinski definition) is 5. The van der Waals surface area contributed by atoms with Gasteiger partial charge in [0.05, 0.1) is 18.2 Å². The molecule has 0 bridgehead atoms. The molecule has 2 saturated carbocycles. The van der Waals surface area contributed by atoms with Crippen molar-refractivity contribution in [3.8, 4) is 11.8 Å². The number of rotatable bonds is 9. The molecule has 0 spiro atoms. The van der Waals surface area contributed by atoms with E-state index in [0.717, 1.165) is 46.8 Å². The highest BCUT2D eigenvalue weighted by atomic mass is 16.6. The highest BCUT2D eigenvalue weighted by Gasteiger charge is 2.31. The van der Waals surface area contributed by atoms with Gasteiger partial charge in [0.1, 0.15) is 24.5 Å². The van der Waals surface area contributed by atoms with Crippen molar-refractivity contribution in [2.45, 2.75) is 71.9 Å². The number of benzene rings is 1. The number of hydrogen-bond donors (Lipinski definition) is 1. The fourth-order valence-electron chi connectivity index (χ4n) is 3.93. The van der Waals surface area contributed by atoms with E-state index in [9.17, 15) is 10.1 Å². The Morgan fingerprint density at radius 2 is 1.94 bits per heavy atom. The third-order valence-electron chi connectivity index (χ3n) is 6.79. The van der Waals surface area contributed by atoms with E-state index in [1.165, 1.54) is 12.8 Å². The van der Waals surface area contributed by atoms with E-state index in [1.807, 2.05) is 51.1 Å². The first-order valence-corrected chi connectivity index (χ1v) is 13.0. The van der Waals surface area contributed by atoms with E-state index >= 15 is 0 Å². The van der Waals surface area contributed by atoms with Gasteiger partial charge in [-0.2, -0.15) is 5.26 Å². The topological polar surface area (TPSA) is 80.6 Å². The number of ether oxygens (including phenoxy) is 3. The first-order valence-electron chi connectivity index (χ1n) is 13.0. The molecule has 0 aliphatic heterocycles. The van der Waals surface area contributed by atoms with E-state index < -0.39 is 0 Å². The van der Waals surface area contributed by atoms with Crippen LogP contribution in [0.25, 0.3) is 5.57 Å². The van der Waals surface area contributed by atoms with Crippen LogP contribution in [0.4, 0.5) is 4.79 Å². The number of nitrogens with zero attached hydrogens (tertiary/aromatic N) is 1. The highest BCUT2D eigenvalue weighted by Crippen LogP contribution is 2.34. The zero-order chi connectivity index (χ0) is 26.1. The summed E-state index contributed by atoms with van der Waals surface area (Å²) < 4.78 is 16.1. The number of nitrogens with one attached hydrogen (secondary N) is 1. The Bertz CT molecular complexity index is 1040. The summed E-state index contributed by atoms with van der Waals surface area (Å²) in [6.45, 7) is 9.16. The molecule has 0 heterocycles. The Morgan fingerprint density at radius 3 is 2.47 bits per heavy atom. The van der Waals surface area contributed by atoms with E-state index in [0.29, 0.717) is 31.1 Å². The normalized spacial score (nSPS) is 20.1. The lowest BCUT2D eigenvalue weighted by Crippen LogP contribution is -2.36. The molecular formula is C30H40N2O4. The molecule has 6 nitrogen and oxygen atoms in total. The monoisotopic (exact) mass is 492 g/mol. The van der Waals surface area contributed by atoms with Crippen LogP contribution in [0.5, 0.6) is 5.75 Å². The molecule has 2 fully saturated rings. The maximum absolute atomic E-state index is 12.1. The number of carbonyl (C=O) groups is 1. The number of amides is 1. The number of aryl methyl sites for hydroxylation is 1. The molecule has 1 amide bonds. The van der Waals surface area contributed by atoms with Crippen molar-refractivity contribution in [2.24, 2.45) is 11.8 Å². The summed E-state index contributed by atoms with van der Waals surface area (Å²) in [5, 5.41) is 12.8. The minimum absolute atomic E-state index is 0.0305. The smallest absolute Gasteiger partial charge is 0.407 e. The van der Waals surface area contributed by atoms with Crippen LogP contribution in [-0.2, 0) is 9.47 Å². The number of allylic oxidation sites excluding steroid dienone is 4. The molecule has 4 rings (SSSR count). The van der Waals surface area contributed by atoms with Crippen molar-refractivity contribution in [3.63, 3.8) is 0 Å². The third-order valence-corrected chi connectivity index (χ3v) is 6.79. The highest BCUT2D eigenvalue weighted by molar-refractivity contribution is 5.84. The van der Waals surface area contributed by atoms with E-state index in [2.05, 4.69) is 24.4 Å². The molecule has 0 saturated heterocycles. The van der Waals surface area contributed by atoms with Crippen LogP contribution >= 0.6 is 0 Å². The molecule has 1 aromatic carbocycles. The largest absolute Gasteiger partial charge is 0.491 e. The summed E-state index contributed by atoms with van der Waals surface area (Å²) in [7, 11) is 1.64. The Kier molecular flexibility index (Phi) is 10.2. The second-order valence-electron chi connectivity index (χ2n) is 10.1. The summed E-state index contributed by atoms with van der Waals surface area (Å²) in [6.07, 6.45) is 11.5. The van der Waals surface area contributed by atoms with Gasteiger partial charge < -0.3 is 19.5 Å². The Balaban J connectivity index is 0.000000819. The minimum atomic E-state index is -0.371. The van der Waals surface area contributed by atoms with Crippen LogP contribution in [-0.4, -0.2) is 38.6 Å². The van der Waals surface area contributed by atoms with Crippen molar-refractivity contribution in [3.05, 3.63) is 58.7 Å². The molecule has 2 atom stereocenters. The second kappa shape index (κ2) is 13.3. The van der Waals surface area contributed by atoms with Crippen LogP contribution in [0.2, 0.25) is 0 Å². The second-order valence-corrected chi connectivity index (χ2v) is 10.1. The molecule has 194 valence electrons. The zero-order valence-corrected chi connectivity index (χ0v) is 22.3. The predicted molar refractivity (Wildman–Crippen MR) is 143 cm³/mol. The molecule has 0 aromatic heterocycles. The number of alkyl carbamates (subject to hydrolysis) is 1. The van der Waals surface area contributed by atoms with Gasteiger partial charge in [0.15, 0.2) is 0 Å². The van der Waals surface area contributed by atoms with Crippen LogP contribution in [0, 0.1) is 30.1 Å². The molecule has 6 heteroatoms. The average Bonchev–Trinajstić information content (AvgIpc) is 3.78. The molecular weight excluding hydrogens is 452 g/mol. The molecule has 36 heavy (non-hydrogen) atoms. The van der Waals surface area contributed by atoms with Crippen molar-refractivity contribution in [1.82, 2.24) is 5.32 Å².